The molecule has 1 fully saturated rings. The van der Waals surface area contributed by atoms with Gasteiger partial charge in [-0.2, -0.15) is 0 Å². The molecule has 0 radical (unpaired) electrons. The predicted octanol–water partition coefficient (Wildman–Crippen LogP) is 3.14. The number of aromatic nitrogens is 1. The second-order valence-corrected chi connectivity index (χ2v) is 10.3. The highest BCUT2D eigenvalue weighted by molar-refractivity contribution is 7.21. The Balaban J connectivity index is 1.59. The molecule has 9 heteroatoms. The maximum Gasteiger partial charge on any atom is 0.130 e. The number of hydrogen-bond acceptors (Lipinski definition) is 9. The van der Waals surface area contributed by atoms with Gasteiger partial charge in [-0.1, -0.05) is 30.3 Å². The quantitative estimate of drug-likeness (QED) is 0.322. The van der Waals surface area contributed by atoms with Gasteiger partial charge in [0.1, 0.15) is 36.3 Å². The van der Waals surface area contributed by atoms with Crippen molar-refractivity contribution in [1.29, 1.82) is 0 Å². The molecule has 0 unspecified atom stereocenters. The van der Waals surface area contributed by atoms with Crippen LogP contribution >= 0.6 is 22.7 Å². The molecule has 0 saturated carbocycles. The van der Waals surface area contributed by atoms with Gasteiger partial charge in [0, 0.05) is 28.4 Å². The Bertz CT molecular complexity index is 1270. The number of hydrogen-bond donors (Lipinski definition) is 4. The normalized spacial score (nSPS) is 25.0. The number of methoxy groups -OCH3 is 1. The van der Waals surface area contributed by atoms with E-state index in [2.05, 4.69) is 11.1 Å². The van der Waals surface area contributed by atoms with Crippen LogP contribution in [0.3, 0.4) is 0 Å². The summed E-state index contributed by atoms with van der Waals surface area (Å²) in [6.07, 6.45) is -3.78. The molecule has 5 rings (SSSR count). The molecule has 4 aromatic rings. The van der Waals surface area contributed by atoms with Crippen molar-refractivity contribution in [3.8, 4) is 15.5 Å². The third-order valence-corrected chi connectivity index (χ3v) is 8.23. The van der Waals surface area contributed by atoms with Crippen LogP contribution in [-0.4, -0.2) is 63.5 Å². The Hall–Kier alpha value is -2.37. The highest BCUT2D eigenvalue weighted by Crippen LogP contribution is 2.42. The molecule has 7 nitrogen and oxygen atoms in total. The number of ether oxygens (including phenoxy) is 2. The second kappa shape index (κ2) is 9.71. The van der Waals surface area contributed by atoms with Gasteiger partial charge in [0.25, 0.3) is 0 Å². The van der Waals surface area contributed by atoms with Crippen molar-refractivity contribution >= 4 is 33.4 Å². The van der Waals surface area contributed by atoms with Crippen LogP contribution in [0.25, 0.3) is 20.5 Å². The Labute approximate surface area is 204 Å². The lowest BCUT2D eigenvalue weighted by Crippen LogP contribution is -2.55. The molecule has 1 aliphatic heterocycles. The van der Waals surface area contributed by atoms with Crippen LogP contribution in [-0.2, 0) is 11.2 Å². The first-order valence-corrected chi connectivity index (χ1v) is 12.6. The Morgan fingerprint density at radius 1 is 1.00 bits per heavy atom. The maximum atomic E-state index is 10.8. The lowest BCUT2D eigenvalue weighted by atomic mass is 9.87. The van der Waals surface area contributed by atoms with Crippen molar-refractivity contribution in [3.05, 3.63) is 70.2 Å². The van der Waals surface area contributed by atoms with Gasteiger partial charge in [-0.15, -0.1) is 22.7 Å². The third kappa shape index (κ3) is 4.14. The SMILES string of the molecule is COc1c(Cc2ncc(-c3cccs3)s2)cc([C@@H]2O[C@H](CO)[C@@H](O)[C@H](O)[C@H]2O)c2ccccc12. The van der Waals surface area contributed by atoms with E-state index in [4.69, 9.17) is 9.47 Å². The molecule has 2 aromatic carbocycles. The molecule has 1 saturated heterocycles. The number of aliphatic hydroxyl groups excluding tert-OH is 4. The molecule has 0 spiro atoms. The van der Waals surface area contributed by atoms with E-state index in [1.165, 1.54) is 0 Å². The van der Waals surface area contributed by atoms with Crippen molar-refractivity contribution < 1.29 is 29.9 Å². The molecule has 1 aliphatic rings. The molecule has 2 aromatic heterocycles. The van der Waals surface area contributed by atoms with E-state index in [-0.39, 0.29) is 0 Å². The van der Waals surface area contributed by atoms with Gasteiger partial charge in [-0.3, -0.25) is 0 Å². The summed E-state index contributed by atoms with van der Waals surface area (Å²) in [5, 5.41) is 45.6. The van der Waals surface area contributed by atoms with Gasteiger partial charge in [0.15, 0.2) is 0 Å². The molecular weight excluding hydrogens is 474 g/mol. The van der Waals surface area contributed by atoms with E-state index in [0.717, 1.165) is 31.1 Å². The third-order valence-electron chi connectivity index (χ3n) is 6.17. The second-order valence-electron chi connectivity index (χ2n) is 8.23. The number of rotatable bonds is 6. The Morgan fingerprint density at radius 2 is 1.79 bits per heavy atom. The van der Waals surface area contributed by atoms with Gasteiger partial charge < -0.3 is 29.9 Å². The smallest absolute Gasteiger partial charge is 0.130 e. The number of aliphatic hydroxyl groups is 4. The molecule has 178 valence electrons. The molecule has 3 heterocycles. The zero-order valence-electron chi connectivity index (χ0n) is 18.4. The summed E-state index contributed by atoms with van der Waals surface area (Å²) < 4.78 is 11.7. The standard InChI is InChI=1S/C25H25NO6S2/c1-31-24-13(10-20-26-11-19(34-20)18-7-4-8-33-18)9-16(14-5-2-3-6-15(14)24)25-23(30)22(29)21(28)17(12-27)32-25/h2-9,11,17,21-23,25,27-30H,10,12H2,1H3/t17-,21-,22+,23-,25+/m1/s1. The van der Waals surface area contributed by atoms with Crippen LogP contribution in [0.1, 0.15) is 22.2 Å². The minimum Gasteiger partial charge on any atom is -0.496 e. The first-order chi connectivity index (χ1) is 16.5. The van der Waals surface area contributed by atoms with Crippen molar-refractivity contribution in [2.45, 2.75) is 36.9 Å². The highest BCUT2D eigenvalue weighted by atomic mass is 32.1. The van der Waals surface area contributed by atoms with Gasteiger partial charge >= 0.3 is 0 Å². The van der Waals surface area contributed by atoms with Crippen LogP contribution in [0, 0.1) is 0 Å². The van der Waals surface area contributed by atoms with Gasteiger partial charge in [0.05, 0.1) is 23.6 Å². The van der Waals surface area contributed by atoms with Crippen LogP contribution in [0.5, 0.6) is 5.75 Å². The van der Waals surface area contributed by atoms with Gasteiger partial charge in [0.2, 0.25) is 0 Å². The van der Waals surface area contributed by atoms with Gasteiger partial charge in [-0.25, -0.2) is 4.98 Å². The van der Waals surface area contributed by atoms with Crippen LogP contribution in [0.4, 0.5) is 0 Å². The van der Waals surface area contributed by atoms with E-state index >= 15 is 0 Å². The van der Waals surface area contributed by atoms with Crippen LogP contribution < -0.4 is 4.74 Å². The topological polar surface area (TPSA) is 112 Å². The minimum absolute atomic E-state index is 0.479. The summed E-state index contributed by atoms with van der Waals surface area (Å²) in [4.78, 5) is 6.87. The van der Waals surface area contributed by atoms with E-state index in [9.17, 15) is 20.4 Å². The molecule has 4 N–H and O–H groups in total. The molecule has 0 bridgehead atoms. The van der Waals surface area contributed by atoms with E-state index in [1.54, 1.807) is 29.8 Å². The number of thiophene rings is 1. The number of fused-ring (bicyclic) bond motifs is 1. The van der Waals surface area contributed by atoms with E-state index in [0.29, 0.717) is 17.7 Å². The molecule has 5 atom stereocenters. The molecule has 34 heavy (non-hydrogen) atoms. The van der Waals surface area contributed by atoms with Crippen LogP contribution in [0.2, 0.25) is 0 Å². The average Bonchev–Trinajstić information content (AvgIpc) is 3.55. The highest BCUT2D eigenvalue weighted by Gasteiger charge is 2.44. The van der Waals surface area contributed by atoms with Gasteiger partial charge in [-0.05, 0) is 28.5 Å². The zero-order chi connectivity index (χ0) is 23.8. The number of nitrogens with zero attached hydrogens (tertiary/aromatic N) is 1. The van der Waals surface area contributed by atoms with E-state index in [1.807, 2.05) is 48.0 Å². The van der Waals surface area contributed by atoms with Crippen molar-refractivity contribution in [2.75, 3.05) is 13.7 Å². The summed E-state index contributed by atoms with van der Waals surface area (Å²) >= 11 is 3.28. The molecule has 0 amide bonds. The summed E-state index contributed by atoms with van der Waals surface area (Å²) in [5.41, 5.74) is 1.51. The monoisotopic (exact) mass is 499 g/mol. The Morgan fingerprint density at radius 3 is 2.50 bits per heavy atom. The Kier molecular flexibility index (Phi) is 6.67. The first kappa shape index (κ1) is 23.4. The summed E-state index contributed by atoms with van der Waals surface area (Å²) in [7, 11) is 1.62. The maximum absolute atomic E-state index is 10.8. The fourth-order valence-electron chi connectivity index (χ4n) is 4.49. The van der Waals surface area contributed by atoms with Crippen molar-refractivity contribution in [1.82, 2.24) is 4.98 Å². The average molecular weight is 500 g/mol. The summed E-state index contributed by atoms with van der Waals surface area (Å²) in [6, 6.07) is 13.6. The predicted molar refractivity (Wildman–Crippen MR) is 131 cm³/mol. The fourth-order valence-corrected chi connectivity index (χ4v) is 6.25. The molecule has 0 aliphatic carbocycles. The van der Waals surface area contributed by atoms with E-state index < -0.39 is 37.1 Å². The largest absolute Gasteiger partial charge is 0.496 e. The molecular formula is C25H25NO6S2. The lowest BCUT2D eigenvalue weighted by molar-refractivity contribution is -0.231. The number of thiazole rings is 1. The summed E-state index contributed by atoms with van der Waals surface area (Å²) in [5.74, 6) is 0.705. The zero-order valence-corrected chi connectivity index (χ0v) is 20.0. The van der Waals surface area contributed by atoms with Crippen LogP contribution in [0.15, 0.2) is 54.0 Å². The first-order valence-electron chi connectivity index (χ1n) is 10.9. The number of benzene rings is 2. The summed E-state index contributed by atoms with van der Waals surface area (Å²) in [6.45, 7) is -0.479. The lowest BCUT2D eigenvalue weighted by Gasteiger charge is -2.40. The van der Waals surface area contributed by atoms with Crippen molar-refractivity contribution in [2.24, 2.45) is 0 Å². The fraction of sp³-hybridized carbons (Fsp3) is 0.320. The van der Waals surface area contributed by atoms with Crippen molar-refractivity contribution in [3.63, 3.8) is 0 Å². The minimum atomic E-state index is -1.45.